The Labute approximate surface area is 180 Å². The van der Waals surface area contributed by atoms with E-state index < -0.39 is 26.7 Å². The number of fused-ring (bicyclic) bond motifs is 1. The highest BCUT2D eigenvalue weighted by Gasteiger charge is 2.30. The van der Waals surface area contributed by atoms with E-state index in [2.05, 4.69) is 15.5 Å². The van der Waals surface area contributed by atoms with E-state index in [1.807, 2.05) is 32.0 Å². The number of benzene rings is 1. The van der Waals surface area contributed by atoms with Crippen LogP contribution >= 0.6 is 0 Å². The van der Waals surface area contributed by atoms with Crippen LogP contribution in [0.15, 0.2) is 40.2 Å². The minimum Gasteiger partial charge on any atom is -0.324 e. The van der Waals surface area contributed by atoms with Crippen LogP contribution in [0, 0.1) is 13.8 Å². The summed E-state index contributed by atoms with van der Waals surface area (Å²) in [5, 5.41) is 10.3. The molecular formula is C21H25N5O4S. The lowest BCUT2D eigenvalue weighted by atomic mass is 10.0. The molecule has 10 heteroatoms. The summed E-state index contributed by atoms with van der Waals surface area (Å²) in [6.07, 6.45) is 4.00. The first-order valence-electron chi connectivity index (χ1n) is 10.3. The Kier molecular flexibility index (Phi) is 5.65. The zero-order chi connectivity index (χ0) is 22.2. The minimum absolute atomic E-state index is 0.131. The van der Waals surface area contributed by atoms with Gasteiger partial charge in [0, 0.05) is 5.69 Å². The van der Waals surface area contributed by atoms with Gasteiger partial charge in [-0.1, -0.05) is 25.3 Å². The number of aryl methyl sites for hydroxylation is 2. The molecule has 0 saturated heterocycles. The van der Waals surface area contributed by atoms with Crippen molar-refractivity contribution in [3.05, 3.63) is 51.9 Å². The Hall–Kier alpha value is -3.01. The smallest absolute Gasteiger partial charge is 0.324 e. The van der Waals surface area contributed by atoms with Gasteiger partial charge >= 0.3 is 5.69 Å². The molecule has 0 bridgehead atoms. The summed E-state index contributed by atoms with van der Waals surface area (Å²) in [6.45, 7) is 3.56. The predicted octanol–water partition coefficient (Wildman–Crippen LogP) is 2.25. The molecular weight excluding hydrogens is 418 g/mol. The van der Waals surface area contributed by atoms with E-state index in [1.165, 1.54) is 12.1 Å². The Bertz CT molecular complexity index is 1280. The number of anilines is 1. The lowest BCUT2D eigenvalue weighted by Gasteiger charge is -2.20. The van der Waals surface area contributed by atoms with Gasteiger partial charge < -0.3 is 5.32 Å². The first kappa shape index (κ1) is 21.2. The maximum Gasteiger partial charge on any atom is 0.367 e. The SMILES string of the molecule is Cc1cc(C)cc(NC(=O)Cn2nc3ccc(S(=O)(=O)C4CCCCC4)nn3c2=O)c1. The molecule has 2 heterocycles. The van der Waals surface area contributed by atoms with Gasteiger partial charge in [-0.2, -0.15) is 4.52 Å². The molecule has 1 saturated carbocycles. The number of aromatic nitrogens is 4. The van der Waals surface area contributed by atoms with Gasteiger partial charge in [-0.05, 0) is 62.1 Å². The number of rotatable bonds is 5. The average molecular weight is 444 g/mol. The van der Waals surface area contributed by atoms with Crippen LogP contribution in [0.2, 0.25) is 0 Å². The van der Waals surface area contributed by atoms with E-state index in [9.17, 15) is 18.0 Å². The average Bonchev–Trinajstić information content (AvgIpc) is 3.02. The van der Waals surface area contributed by atoms with Gasteiger partial charge in [-0.15, -0.1) is 10.2 Å². The molecule has 0 atom stereocenters. The fraction of sp³-hybridized carbons (Fsp3) is 0.429. The summed E-state index contributed by atoms with van der Waals surface area (Å²) < 4.78 is 27.8. The molecule has 0 radical (unpaired) electrons. The molecule has 3 aromatic rings. The van der Waals surface area contributed by atoms with Crippen LogP contribution in [-0.4, -0.2) is 39.0 Å². The van der Waals surface area contributed by atoms with E-state index >= 15 is 0 Å². The molecule has 0 spiro atoms. The zero-order valence-corrected chi connectivity index (χ0v) is 18.4. The van der Waals surface area contributed by atoms with Crippen LogP contribution in [0.3, 0.4) is 0 Å². The van der Waals surface area contributed by atoms with Crippen molar-refractivity contribution in [3.63, 3.8) is 0 Å². The lowest BCUT2D eigenvalue weighted by molar-refractivity contribution is -0.117. The third-order valence-corrected chi connectivity index (χ3v) is 7.65. The van der Waals surface area contributed by atoms with Crippen molar-refractivity contribution in [2.45, 2.75) is 62.8 Å². The topological polar surface area (TPSA) is 115 Å². The standard InChI is InChI=1S/C21H25N5O4S/c1-14-10-15(2)12-16(11-14)22-19(27)13-25-21(28)26-18(23-25)8-9-20(24-26)31(29,30)17-6-4-3-5-7-17/h8-12,17H,3-7,13H2,1-2H3,(H,22,27). The second kappa shape index (κ2) is 8.26. The molecule has 9 nitrogen and oxygen atoms in total. The van der Waals surface area contributed by atoms with Crippen molar-refractivity contribution in [3.8, 4) is 0 Å². The van der Waals surface area contributed by atoms with Crippen LogP contribution < -0.4 is 11.0 Å². The molecule has 0 aliphatic heterocycles. The molecule has 1 N–H and O–H groups in total. The Morgan fingerprint density at radius 2 is 1.74 bits per heavy atom. The fourth-order valence-corrected chi connectivity index (χ4v) is 5.82. The molecule has 2 aromatic heterocycles. The van der Waals surface area contributed by atoms with Gasteiger partial charge in [0.2, 0.25) is 5.91 Å². The molecule has 0 unspecified atom stereocenters. The monoisotopic (exact) mass is 443 g/mol. The molecule has 164 valence electrons. The van der Waals surface area contributed by atoms with Gasteiger partial charge in [0.25, 0.3) is 0 Å². The number of hydrogen-bond donors (Lipinski definition) is 1. The number of sulfone groups is 1. The lowest BCUT2D eigenvalue weighted by Crippen LogP contribution is -2.30. The minimum atomic E-state index is -3.62. The van der Waals surface area contributed by atoms with Crippen molar-refractivity contribution in [2.75, 3.05) is 5.32 Å². The number of carbonyl (C=O) groups excluding carboxylic acids is 1. The first-order valence-corrected chi connectivity index (χ1v) is 11.9. The van der Waals surface area contributed by atoms with Crippen molar-refractivity contribution in [1.29, 1.82) is 0 Å². The summed E-state index contributed by atoms with van der Waals surface area (Å²) in [6, 6.07) is 8.49. The van der Waals surface area contributed by atoms with E-state index in [0.717, 1.165) is 39.6 Å². The number of hydrogen-bond acceptors (Lipinski definition) is 6. The molecule has 1 aliphatic rings. The van der Waals surface area contributed by atoms with E-state index in [0.29, 0.717) is 18.5 Å². The van der Waals surface area contributed by atoms with Crippen molar-refractivity contribution >= 4 is 27.1 Å². The number of carbonyl (C=O) groups is 1. The van der Waals surface area contributed by atoms with Gasteiger partial charge in [-0.3, -0.25) is 4.79 Å². The Balaban J connectivity index is 1.58. The van der Waals surface area contributed by atoms with E-state index in [4.69, 9.17) is 0 Å². The molecule has 4 rings (SSSR count). The quantitative estimate of drug-likeness (QED) is 0.647. The molecule has 1 amide bonds. The molecule has 1 aliphatic carbocycles. The van der Waals surface area contributed by atoms with Crippen LogP contribution in [0.4, 0.5) is 5.69 Å². The van der Waals surface area contributed by atoms with Crippen LogP contribution in [0.5, 0.6) is 0 Å². The largest absolute Gasteiger partial charge is 0.367 e. The Morgan fingerprint density at radius 1 is 1.06 bits per heavy atom. The van der Waals surface area contributed by atoms with Crippen LogP contribution in [-0.2, 0) is 21.2 Å². The number of nitrogens with zero attached hydrogens (tertiary/aromatic N) is 4. The first-order chi connectivity index (χ1) is 14.7. The number of amides is 1. The number of nitrogens with one attached hydrogen (secondary N) is 1. The highest BCUT2D eigenvalue weighted by molar-refractivity contribution is 7.92. The molecule has 1 aromatic carbocycles. The van der Waals surface area contributed by atoms with E-state index in [-0.39, 0.29) is 17.2 Å². The van der Waals surface area contributed by atoms with Crippen molar-refractivity contribution in [1.82, 2.24) is 19.4 Å². The summed E-state index contributed by atoms with van der Waals surface area (Å²) in [4.78, 5) is 25.1. The maximum absolute atomic E-state index is 12.9. The van der Waals surface area contributed by atoms with Gasteiger partial charge in [0.05, 0.1) is 5.25 Å². The van der Waals surface area contributed by atoms with Crippen LogP contribution in [0.1, 0.15) is 43.2 Å². The zero-order valence-electron chi connectivity index (χ0n) is 17.5. The van der Waals surface area contributed by atoms with E-state index in [1.54, 1.807) is 0 Å². The van der Waals surface area contributed by atoms with Crippen molar-refractivity contribution in [2.24, 2.45) is 0 Å². The highest BCUT2D eigenvalue weighted by atomic mass is 32.2. The Morgan fingerprint density at radius 3 is 2.42 bits per heavy atom. The van der Waals surface area contributed by atoms with Gasteiger partial charge in [0.15, 0.2) is 20.5 Å². The fourth-order valence-electron chi connectivity index (χ4n) is 4.08. The normalized spacial score (nSPS) is 15.3. The second-order valence-corrected chi connectivity index (χ2v) is 10.3. The summed E-state index contributed by atoms with van der Waals surface area (Å²) >= 11 is 0. The van der Waals surface area contributed by atoms with Crippen LogP contribution in [0.25, 0.3) is 5.65 Å². The molecule has 1 fully saturated rings. The summed E-state index contributed by atoms with van der Waals surface area (Å²) in [7, 11) is -3.62. The summed E-state index contributed by atoms with van der Waals surface area (Å²) in [5.74, 6) is -0.412. The second-order valence-electron chi connectivity index (χ2n) is 8.11. The van der Waals surface area contributed by atoms with Gasteiger partial charge in [-0.25, -0.2) is 17.9 Å². The van der Waals surface area contributed by atoms with Crippen molar-refractivity contribution < 1.29 is 13.2 Å². The summed E-state index contributed by atoms with van der Waals surface area (Å²) in [5.41, 5.74) is 2.18. The highest BCUT2D eigenvalue weighted by Crippen LogP contribution is 2.27. The maximum atomic E-state index is 12.9. The third-order valence-electron chi connectivity index (χ3n) is 5.50. The van der Waals surface area contributed by atoms with Gasteiger partial charge in [0.1, 0.15) is 6.54 Å². The molecule has 31 heavy (non-hydrogen) atoms. The predicted molar refractivity (Wildman–Crippen MR) is 116 cm³/mol. The third kappa shape index (κ3) is 4.39.